The Bertz CT molecular complexity index is 377. The van der Waals surface area contributed by atoms with Crippen LogP contribution in [0.2, 0.25) is 0 Å². The van der Waals surface area contributed by atoms with Crippen LogP contribution in [0.3, 0.4) is 0 Å². The molecule has 0 spiro atoms. The van der Waals surface area contributed by atoms with Crippen molar-refractivity contribution in [3.05, 3.63) is 35.1 Å². The highest BCUT2D eigenvalue weighted by Crippen LogP contribution is 2.11. The minimum atomic E-state index is -1.13. The summed E-state index contributed by atoms with van der Waals surface area (Å²) in [6.07, 6.45) is 3.19. The Kier molecular flexibility index (Phi) is 5.63. The maximum absolute atomic E-state index is 13.1. The number of benzene rings is 1. The van der Waals surface area contributed by atoms with Gasteiger partial charge in [0.1, 0.15) is 5.82 Å². The molecule has 1 N–H and O–H groups in total. The molecular formula is C13H17FO3. The SMILES string of the molecule is CCCCCOCc1cc(F)cc(C(=O)O)c1. The molecule has 0 heterocycles. The quantitative estimate of drug-likeness (QED) is 0.744. The lowest BCUT2D eigenvalue weighted by molar-refractivity contribution is 0.0695. The molecule has 0 saturated carbocycles. The Hall–Kier alpha value is -1.42. The van der Waals surface area contributed by atoms with Crippen LogP contribution in [0, 0.1) is 5.82 Å². The van der Waals surface area contributed by atoms with Crippen molar-refractivity contribution in [1.82, 2.24) is 0 Å². The summed E-state index contributed by atoms with van der Waals surface area (Å²) in [5, 5.41) is 8.77. The lowest BCUT2D eigenvalue weighted by atomic mass is 10.1. The van der Waals surface area contributed by atoms with Gasteiger partial charge >= 0.3 is 5.97 Å². The topological polar surface area (TPSA) is 46.5 Å². The Labute approximate surface area is 100 Å². The van der Waals surface area contributed by atoms with E-state index in [1.165, 1.54) is 12.1 Å². The summed E-state index contributed by atoms with van der Waals surface area (Å²) in [7, 11) is 0. The van der Waals surface area contributed by atoms with Crippen LogP contribution in [0.1, 0.15) is 42.1 Å². The number of hydrogen-bond acceptors (Lipinski definition) is 2. The van der Waals surface area contributed by atoms with E-state index in [0.717, 1.165) is 25.3 Å². The Morgan fingerprint density at radius 1 is 1.35 bits per heavy atom. The molecule has 0 radical (unpaired) electrons. The van der Waals surface area contributed by atoms with Crippen molar-refractivity contribution in [2.24, 2.45) is 0 Å². The summed E-state index contributed by atoms with van der Waals surface area (Å²) in [6.45, 7) is 2.97. The summed E-state index contributed by atoms with van der Waals surface area (Å²) in [4.78, 5) is 10.7. The number of aromatic carboxylic acids is 1. The first-order valence-electron chi connectivity index (χ1n) is 5.74. The third-order valence-corrected chi connectivity index (χ3v) is 2.37. The predicted octanol–water partition coefficient (Wildman–Crippen LogP) is 3.23. The first-order chi connectivity index (χ1) is 8.13. The number of carboxylic acid groups (broad SMARTS) is 1. The van der Waals surface area contributed by atoms with E-state index in [0.29, 0.717) is 12.2 Å². The lowest BCUT2D eigenvalue weighted by Crippen LogP contribution is -2.01. The van der Waals surface area contributed by atoms with Gasteiger partial charge < -0.3 is 9.84 Å². The first kappa shape index (κ1) is 13.6. The van der Waals surface area contributed by atoms with Crippen molar-refractivity contribution in [2.75, 3.05) is 6.61 Å². The molecule has 1 rings (SSSR count). The van der Waals surface area contributed by atoms with Crippen LogP contribution in [-0.4, -0.2) is 17.7 Å². The summed E-state index contributed by atoms with van der Waals surface area (Å²) >= 11 is 0. The van der Waals surface area contributed by atoms with Gasteiger partial charge in [0.2, 0.25) is 0 Å². The number of unbranched alkanes of at least 4 members (excludes halogenated alkanes) is 2. The minimum absolute atomic E-state index is 0.0443. The van der Waals surface area contributed by atoms with Gasteiger partial charge in [-0.25, -0.2) is 9.18 Å². The fraction of sp³-hybridized carbons (Fsp3) is 0.462. The van der Waals surface area contributed by atoms with Crippen molar-refractivity contribution in [1.29, 1.82) is 0 Å². The molecule has 3 nitrogen and oxygen atoms in total. The number of rotatable bonds is 7. The number of carboxylic acids is 1. The zero-order chi connectivity index (χ0) is 12.7. The van der Waals surface area contributed by atoms with Gasteiger partial charge in [-0.15, -0.1) is 0 Å². The second-order valence-electron chi connectivity index (χ2n) is 3.91. The van der Waals surface area contributed by atoms with Crippen molar-refractivity contribution < 1.29 is 19.0 Å². The van der Waals surface area contributed by atoms with Gasteiger partial charge in [0, 0.05) is 6.61 Å². The summed E-state index contributed by atoms with van der Waals surface area (Å²) in [5.41, 5.74) is 0.510. The van der Waals surface area contributed by atoms with Crippen molar-refractivity contribution in [3.63, 3.8) is 0 Å². The second kappa shape index (κ2) is 7.01. The second-order valence-corrected chi connectivity index (χ2v) is 3.91. The normalized spacial score (nSPS) is 10.5. The standard InChI is InChI=1S/C13H17FO3/c1-2-3-4-5-17-9-10-6-11(13(15)16)8-12(14)7-10/h6-8H,2-5,9H2,1H3,(H,15,16). The number of ether oxygens (including phenoxy) is 1. The lowest BCUT2D eigenvalue weighted by Gasteiger charge is -2.05. The van der Waals surface area contributed by atoms with Gasteiger partial charge in [0.15, 0.2) is 0 Å². The average molecular weight is 240 g/mol. The Morgan fingerprint density at radius 2 is 2.12 bits per heavy atom. The van der Waals surface area contributed by atoms with Crippen molar-refractivity contribution >= 4 is 5.97 Å². The van der Waals surface area contributed by atoms with E-state index in [-0.39, 0.29) is 12.2 Å². The molecule has 0 unspecified atom stereocenters. The fourth-order valence-corrected chi connectivity index (χ4v) is 1.50. The third-order valence-electron chi connectivity index (χ3n) is 2.37. The number of halogens is 1. The largest absolute Gasteiger partial charge is 0.478 e. The van der Waals surface area contributed by atoms with Crippen LogP contribution in [0.4, 0.5) is 4.39 Å². The molecule has 0 fully saturated rings. The molecule has 0 aliphatic heterocycles. The maximum atomic E-state index is 13.1. The molecule has 0 bridgehead atoms. The number of carbonyl (C=O) groups is 1. The van der Waals surface area contributed by atoms with Crippen LogP contribution in [0.5, 0.6) is 0 Å². The number of hydrogen-bond donors (Lipinski definition) is 1. The van der Waals surface area contributed by atoms with E-state index in [2.05, 4.69) is 6.92 Å². The highest BCUT2D eigenvalue weighted by molar-refractivity contribution is 5.87. The average Bonchev–Trinajstić information content (AvgIpc) is 2.28. The van der Waals surface area contributed by atoms with Gasteiger partial charge in [-0.1, -0.05) is 19.8 Å². The van der Waals surface area contributed by atoms with Crippen LogP contribution in [0.15, 0.2) is 18.2 Å². The maximum Gasteiger partial charge on any atom is 0.335 e. The Balaban J connectivity index is 2.50. The van der Waals surface area contributed by atoms with Crippen molar-refractivity contribution in [2.45, 2.75) is 32.8 Å². The van der Waals surface area contributed by atoms with Gasteiger partial charge in [0.05, 0.1) is 12.2 Å². The molecule has 0 aliphatic carbocycles. The monoisotopic (exact) mass is 240 g/mol. The van der Waals surface area contributed by atoms with Crippen LogP contribution >= 0.6 is 0 Å². The van der Waals surface area contributed by atoms with Gasteiger partial charge in [-0.05, 0) is 30.2 Å². The van der Waals surface area contributed by atoms with Crippen molar-refractivity contribution in [3.8, 4) is 0 Å². The van der Waals surface area contributed by atoms with Gasteiger partial charge in [-0.3, -0.25) is 0 Å². The van der Waals surface area contributed by atoms with E-state index < -0.39 is 11.8 Å². The van der Waals surface area contributed by atoms with Gasteiger partial charge in [0.25, 0.3) is 0 Å². The fourth-order valence-electron chi connectivity index (χ4n) is 1.50. The molecule has 4 heteroatoms. The molecule has 0 aliphatic rings. The first-order valence-corrected chi connectivity index (χ1v) is 5.74. The molecule has 0 saturated heterocycles. The van der Waals surface area contributed by atoms with E-state index in [9.17, 15) is 9.18 Å². The highest BCUT2D eigenvalue weighted by Gasteiger charge is 2.06. The predicted molar refractivity (Wildman–Crippen MR) is 62.5 cm³/mol. The molecule has 94 valence electrons. The summed E-state index contributed by atoms with van der Waals surface area (Å²) in [5.74, 6) is -1.67. The van der Waals surface area contributed by atoms with E-state index in [1.807, 2.05) is 0 Å². The highest BCUT2D eigenvalue weighted by atomic mass is 19.1. The van der Waals surface area contributed by atoms with Gasteiger partial charge in [-0.2, -0.15) is 0 Å². The third kappa shape index (κ3) is 4.95. The summed E-state index contributed by atoms with van der Waals surface area (Å²) in [6, 6.07) is 3.74. The van der Waals surface area contributed by atoms with E-state index >= 15 is 0 Å². The molecule has 1 aromatic rings. The Morgan fingerprint density at radius 3 is 2.76 bits per heavy atom. The van der Waals surface area contributed by atoms with Crippen LogP contribution in [0.25, 0.3) is 0 Å². The van der Waals surface area contributed by atoms with Crippen LogP contribution in [-0.2, 0) is 11.3 Å². The van der Waals surface area contributed by atoms with E-state index in [4.69, 9.17) is 9.84 Å². The zero-order valence-corrected chi connectivity index (χ0v) is 9.91. The summed E-state index contributed by atoms with van der Waals surface area (Å²) < 4.78 is 18.5. The molecule has 0 aromatic heterocycles. The van der Waals surface area contributed by atoms with Crippen LogP contribution < -0.4 is 0 Å². The molecular weight excluding hydrogens is 223 g/mol. The minimum Gasteiger partial charge on any atom is -0.478 e. The van der Waals surface area contributed by atoms with E-state index in [1.54, 1.807) is 0 Å². The molecule has 1 aromatic carbocycles. The molecule has 17 heavy (non-hydrogen) atoms. The molecule has 0 amide bonds. The zero-order valence-electron chi connectivity index (χ0n) is 9.91. The molecule has 0 atom stereocenters. The smallest absolute Gasteiger partial charge is 0.335 e.